The summed E-state index contributed by atoms with van der Waals surface area (Å²) < 4.78 is 0. The van der Waals surface area contributed by atoms with Crippen LogP contribution in [0.5, 0.6) is 5.75 Å². The van der Waals surface area contributed by atoms with E-state index in [1.807, 2.05) is 12.0 Å². The van der Waals surface area contributed by atoms with Crippen molar-refractivity contribution in [1.82, 2.24) is 0 Å². The fourth-order valence-electron chi connectivity index (χ4n) is 1.04. The van der Waals surface area contributed by atoms with Crippen LogP contribution >= 0.6 is 0 Å². The number of hydrogen-bond acceptors (Lipinski definition) is 2. The van der Waals surface area contributed by atoms with E-state index in [4.69, 9.17) is 5.11 Å². The summed E-state index contributed by atoms with van der Waals surface area (Å²) in [6.45, 7) is 1.80. The molecule has 0 aliphatic rings. The van der Waals surface area contributed by atoms with Gasteiger partial charge in [-0.25, -0.2) is 4.79 Å². The molecule has 76 valence electrons. The normalized spacial score (nSPS) is 10.3. The fraction of sp³-hybridized carbons (Fsp3) is 0.0833. The van der Waals surface area contributed by atoms with Crippen LogP contribution in [0.4, 0.5) is 0 Å². The molecule has 1 aromatic rings. The second-order valence-electron chi connectivity index (χ2n) is 2.95. The quantitative estimate of drug-likeness (QED) is 0.683. The third-order valence-electron chi connectivity index (χ3n) is 1.77. The highest BCUT2D eigenvalue weighted by Gasteiger charge is 1.95. The average molecular weight is 202 g/mol. The standard InChI is InChI=1S/C12H10O3/c1-9(4-2-7-12(14)15)10-5-3-6-11(13)8-10/h3-6,8,13H,1H3,(H,14,15)/b9-4-. The Balaban J connectivity index is 2.91. The van der Waals surface area contributed by atoms with E-state index < -0.39 is 5.97 Å². The molecular weight excluding hydrogens is 192 g/mol. The van der Waals surface area contributed by atoms with E-state index in [-0.39, 0.29) is 5.75 Å². The van der Waals surface area contributed by atoms with Crippen molar-refractivity contribution in [3.05, 3.63) is 35.9 Å². The van der Waals surface area contributed by atoms with Gasteiger partial charge in [-0.15, -0.1) is 0 Å². The van der Waals surface area contributed by atoms with Gasteiger partial charge in [0.15, 0.2) is 0 Å². The van der Waals surface area contributed by atoms with E-state index in [0.717, 1.165) is 11.1 Å². The van der Waals surface area contributed by atoms with Gasteiger partial charge in [0, 0.05) is 5.92 Å². The molecule has 0 amide bonds. The van der Waals surface area contributed by atoms with Crippen molar-refractivity contribution in [3.8, 4) is 17.6 Å². The van der Waals surface area contributed by atoms with Crippen molar-refractivity contribution < 1.29 is 15.0 Å². The Morgan fingerprint density at radius 2 is 2.20 bits per heavy atom. The van der Waals surface area contributed by atoms with Crippen molar-refractivity contribution in [2.75, 3.05) is 0 Å². The Bertz CT molecular complexity index is 461. The minimum Gasteiger partial charge on any atom is -0.508 e. The summed E-state index contributed by atoms with van der Waals surface area (Å²) >= 11 is 0. The number of rotatable bonds is 1. The van der Waals surface area contributed by atoms with Gasteiger partial charge in [0.05, 0.1) is 0 Å². The highest BCUT2D eigenvalue weighted by Crippen LogP contribution is 2.18. The van der Waals surface area contributed by atoms with Gasteiger partial charge in [0.1, 0.15) is 5.75 Å². The van der Waals surface area contributed by atoms with E-state index in [2.05, 4.69) is 5.92 Å². The molecule has 2 N–H and O–H groups in total. The average Bonchev–Trinajstić information content (AvgIpc) is 2.17. The molecule has 0 unspecified atom stereocenters. The minimum atomic E-state index is -1.16. The summed E-state index contributed by atoms with van der Waals surface area (Å²) in [7, 11) is 0. The molecule has 3 nitrogen and oxygen atoms in total. The third kappa shape index (κ3) is 3.57. The predicted molar refractivity (Wildman–Crippen MR) is 57.2 cm³/mol. The number of carboxylic acids is 1. The van der Waals surface area contributed by atoms with Gasteiger partial charge in [-0.1, -0.05) is 18.1 Å². The van der Waals surface area contributed by atoms with E-state index in [1.54, 1.807) is 25.1 Å². The van der Waals surface area contributed by atoms with Gasteiger partial charge in [-0.2, -0.15) is 0 Å². The molecule has 0 aromatic heterocycles. The molecule has 0 atom stereocenters. The Kier molecular flexibility index (Phi) is 3.53. The van der Waals surface area contributed by atoms with Crippen molar-refractivity contribution >= 4 is 11.5 Å². The molecule has 0 heterocycles. The Morgan fingerprint density at radius 1 is 1.47 bits per heavy atom. The van der Waals surface area contributed by atoms with E-state index in [9.17, 15) is 9.90 Å². The van der Waals surface area contributed by atoms with Gasteiger partial charge in [0.2, 0.25) is 0 Å². The molecule has 0 radical (unpaired) electrons. The molecular formula is C12H10O3. The first-order chi connectivity index (χ1) is 7.09. The van der Waals surface area contributed by atoms with Crippen LogP contribution in [0.3, 0.4) is 0 Å². The smallest absolute Gasteiger partial charge is 0.382 e. The zero-order valence-electron chi connectivity index (χ0n) is 8.19. The van der Waals surface area contributed by atoms with Crippen LogP contribution in [0.15, 0.2) is 30.3 Å². The second-order valence-corrected chi connectivity index (χ2v) is 2.95. The number of phenols is 1. The van der Waals surface area contributed by atoms with Crippen LogP contribution in [0.2, 0.25) is 0 Å². The first-order valence-electron chi connectivity index (χ1n) is 4.30. The van der Waals surface area contributed by atoms with Crippen molar-refractivity contribution in [2.24, 2.45) is 0 Å². The summed E-state index contributed by atoms with van der Waals surface area (Å²) in [5.74, 6) is 3.41. The molecule has 0 bridgehead atoms. The number of phenolic OH excluding ortho intramolecular Hbond substituents is 1. The van der Waals surface area contributed by atoms with Crippen molar-refractivity contribution in [3.63, 3.8) is 0 Å². The summed E-state index contributed by atoms with van der Waals surface area (Å²) in [5.41, 5.74) is 1.62. The zero-order chi connectivity index (χ0) is 11.3. The number of aliphatic carboxylic acids is 1. The third-order valence-corrected chi connectivity index (χ3v) is 1.77. The zero-order valence-corrected chi connectivity index (χ0v) is 8.19. The van der Waals surface area contributed by atoms with Gasteiger partial charge in [-0.3, -0.25) is 0 Å². The van der Waals surface area contributed by atoms with Gasteiger partial charge in [0.25, 0.3) is 0 Å². The van der Waals surface area contributed by atoms with Crippen LogP contribution in [0.25, 0.3) is 5.57 Å². The largest absolute Gasteiger partial charge is 0.508 e. The number of carbonyl (C=O) groups is 1. The van der Waals surface area contributed by atoms with Crippen LogP contribution in [0, 0.1) is 11.8 Å². The lowest BCUT2D eigenvalue weighted by Crippen LogP contribution is -1.85. The first kappa shape index (κ1) is 10.9. The molecule has 0 aliphatic carbocycles. The van der Waals surface area contributed by atoms with Crippen LogP contribution < -0.4 is 0 Å². The lowest BCUT2D eigenvalue weighted by molar-refractivity contribution is -0.130. The van der Waals surface area contributed by atoms with Gasteiger partial charge < -0.3 is 10.2 Å². The molecule has 0 fully saturated rings. The molecule has 1 rings (SSSR count). The predicted octanol–water partition coefficient (Wildman–Crippen LogP) is 1.88. The molecule has 15 heavy (non-hydrogen) atoms. The molecule has 0 saturated heterocycles. The summed E-state index contributed by atoms with van der Waals surface area (Å²) in [4.78, 5) is 10.1. The molecule has 0 saturated carbocycles. The molecule has 1 aromatic carbocycles. The number of allylic oxidation sites excluding steroid dienone is 2. The van der Waals surface area contributed by atoms with Crippen molar-refractivity contribution in [1.29, 1.82) is 0 Å². The summed E-state index contributed by atoms with van der Waals surface area (Å²) in [6, 6.07) is 6.69. The van der Waals surface area contributed by atoms with Crippen molar-refractivity contribution in [2.45, 2.75) is 6.92 Å². The Hall–Kier alpha value is -2.21. The van der Waals surface area contributed by atoms with E-state index in [1.165, 1.54) is 6.08 Å². The maximum absolute atomic E-state index is 10.1. The fourth-order valence-corrected chi connectivity index (χ4v) is 1.04. The molecule has 0 aliphatic heterocycles. The molecule has 0 spiro atoms. The number of benzene rings is 1. The summed E-state index contributed by atoms with van der Waals surface area (Å²) in [5, 5.41) is 17.5. The SMILES string of the molecule is C/C(=C/C#CC(=O)O)c1cccc(O)c1. The van der Waals surface area contributed by atoms with Gasteiger partial charge >= 0.3 is 5.97 Å². The Labute approximate surface area is 87.7 Å². The maximum atomic E-state index is 10.1. The summed E-state index contributed by atoms with van der Waals surface area (Å²) in [6.07, 6.45) is 1.50. The van der Waals surface area contributed by atoms with Crippen LogP contribution in [-0.2, 0) is 4.79 Å². The monoisotopic (exact) mass is 202 g/mol. The number of carboxylic acid groups (broad SMARTS) is 1. The first-order valence-corrected chi connectivity index (χ1v) is 4.30. The van der Waals surface area contributed by atoms with Gasteiger partial charge in [-0.05, 0) is 36.3 Å². The van der Waals surface area contributed by atoms with E-state index in [0.29, 0.717) is 0 Å². The maximum Gasteiger partial charge on any atom is 0.382 e. The minimum absolute atomic E-state index is 0.173. The topological polar surface area (TPSA) is 57.5 Å². The lowest BCUT2D eigenvalue weighted by atomic mass is 10.1. The number of hydrogen-bond donors (Lipinski definition) is 2. The highest BCUT2D eigenvalue weighted by molar-refractivity contribution is 5.87. The lowest BCUT2D eigenvalue weighted by Gasteiger charge is -1.99. The Morgan fingerprint density at radius 3 is 2.80 bits per heavy atom. The second kappa shape index (κ2) is 4.87. The van der Waals surface area contributed by atoms with Crippen LogP contribution in [0.1, 0.15) is 12.5 Å². The number of aromatic hydroxyl groups is 1. The highest BCUT2D eigenvalue weighted by atomic mass is 16.4. The van der Waals surface area contributed by atoms with Crippen LogP contribution in [-0.4, -0.2) is 16.2 Å². The van der Waals surface area contributed by atoms with E-state index >= 15 is 0 Å². The molecule has 3 heteroatoms.